The van der Waals surface area contributed by atoms with E-state index in [2.05, 4.69) is 5.32 Å². The van der Waals surface area contributed by atoms with E-state index in [0.29, 0.717) is 6.07 Å². The van der Waals surface area contributed by atoms with Gasteiger partial charge >= 0.3 is 6.18 Å². The number of hydrogen-bond donors (Lipinski definition) is 2. The lowest BCUT2D eigenvalue weighted by Crippen LogP contribution is -2.22. The Morgan fingerprint density at radius 2 is 2.06 bits per heavy atom. The Labute approximate surface area is 89.9 Å². The molecule has 3 nitrogen and oxygen atoms in total. The van der Waals surface area contributed by atoms with Crippen LogP contribution in [0.4, 0.5) is 13.2 Å². The number of carbonyl (C=O) groups excluding carboxylic acids is 1. The number of nitrogens with one attached hydrogen (secondary N) is 1. The molecule has 1 aromatic carbocycles. The van der Waals surface area contributed by atoms with Crippen molar-refractivity contribution in [3.63, 3.8) is 0 Å². The molecule has 1 rings (SSSR count). The molecule has 16 heavy (non-hydrogen) atoms. The van der Waals surface area contributed by atoms with Crippen LogP contribution in [0.25, 0.3) is 0 Å². The minimum atomic E-state index is -4.66. The first-order valence-electron chi connectivity index (χ1n) is 4.44. The van der Waals surface area contributed by atoms with Gasteiger partial charge in [-0.3, -0.25) is 4.79 Å². The molecule has 0 aliphatic carbocycles. The maximum absolute atomic E-state index is 12.5. The maximum Gasteiger partial charge on any atom is 0.417 e. The SMILES string of the molecule is CNCC(=O)c1ccc(O)cc1C(F)(F)F. The van der Waals surface area contributed by atoms with Gasteiger partial charge in [0.25, 0.3) is 0 Å². The Balaban J connectivity index is 3.23. The fraction of sp³-hybridized carbons (Fsp3) is 0.300. The molecule has 0 amide bonds. The van der Waals surface area contributed by atoms with E-state index in [-0.39, 0.29) is 6.54 Å². The van der Waals surface area contributed by atoms with Gasteiger partial charge in [0, 0.05) is 5.56 Å². The summed E-state index contributed by atoms with van der Waals surface area (Å²) in [6.07, 6.45) is -4.66. The molecule has 2 N–H and O–H groups in total. The first kappa shape index (κ1) is 12.5. The molecule has 88 valence electrons. The highest BCUT2D eigenvalue weighted by molar-refractivity contribution is 5.99. The molecular formula is C10H10F3NO2. The maximum atomic E-state index is 12.5. The molecule has 6 heteroatoms. The predicted molar refractivity (Wildman–Crippen MR) is 51.4 cm³/mol. The lowest BCUT2D eigenvalue weighted by Gasteiger charge is -2.12. The molecule has 0 spiro atoms. The van der Waals surface area contributed by atoms with E-state index >= 15 is 0 Å². The zero-order chi connectivity index (χ0) is 12.3. The van der Waals surface area contributed by atoms with Crippen LogP contribution in [0.5, 0.6) is 5.75 Å². The fourth-order valence-electron chi connectivity index (χ4n) is 1.27. The number of rotatable bonds is 3. The largest absolute Gasteiger partial charge is 0.508 e. The number of alkyl halides is 3. The second-order valence-corrected chi connectivity index (χ2v) is 3.18. The van der Waals surface area contributed by atoms with Gasteiger partial charge in [0.15, 0.2) is 5.78 Å². The first-order valence-corrected chi connectivity index (χ1v) is 4.44. The Morgan fingerprint density at radius 3 is 2.56 bits per heavy atom. The van der Waals surface area contributed by atoms with Gasteiger partial charge in [0.2, 0.25) is 0 Å². The van der Waals surface area contributed by atoms with Crippen molar-refractivity contribution in [2.24, 2.45) is 0 Å². The van der Waals surface area contributed by atoms with Gasteiger partial charge in [-0.2, -0.15) is 13.2 Å². The van der Waals surface area contributed by atoms with E-state index in [0.717, 1.165) is 12.1 Å². The first-order chi connectivity index (χ1) is 7.36. The third kappa shape index (κ3) is 2.73. The lowest BCUT2D eigenvalue weighted by atomic mass is 10.0. The van der Waals surface area contributed by atoms with Crippen molar-refractivity contribution in [1.82, 2.24) is 5.32 Å². The molecule has 0 saturated heterocycles. The summed E-state index contributed by atoms with van der Waals surface area (Å²) in [6, 6.07) is 2.57. The van der Waals surface area contributed by atoms with Gasteiger partial charge in [-0.1, -0.05) is 0 Å². The number of ketones is 1. The number of Topliss-reactive ketones (excluding diaryl/α,β-unsaturated/α-hetero) is 1. The van der Waals surface area contributed by atoms with Gasteiger partial charge in [-0.15, -0.1) is 0 Å². The predicted octanol–water partition coefficient (Wildman–Crippen LogP) is 1.81. The molecule has 0 fully saturated rings. The zero-order valence-corrected chi connectivity index (χ0v) is 8.43. The summed E-state index contributed by atoms with van der Waals surface area (Å²) in [5.41, 5.74) is -1.56. The minimum absolute atomic E-state index is 0.187. The quantitative estimate of drug-likeness (QED) is 0.783. The number of halogens is 3. The summed E-state index contributed by atoms with van der Waals surface area (Å²) < 4.78 is 37.6. The molecule has 0 radical (unpaired) electrons. The number of phenols is 1. The van der Waals surface area contributed by atoms with Gasteiger partial charge in [0.1, 0.15) is 5.75 Å². The topological polar surface area (TPSA) is 49.3 Å². The standard InChI is InChI=1S/C10H10F3NO2/c1-14-5-9(16)7-3-2-6(15)4-8(7)10(11,12)13/h2-4,14-15H,5H2,1H3. The molecule has 0 bridgehead atoms. The highest BCUT2D eigenvalue weighted by Crippen LogP contribution is 2.34. The van der Waals surface area contributed by atoms with Crippen molar-refractivity contribution in [2.45, 2.75) is 6.18 Å². The van der Waals surface area contributed by atoms with E-state index in [1.807, 2.05) is 0 Å². The summed E-state index contributed by atoms with van der Waals surface area (Å²) in [6.45, 7) is -0.187. The van der Waals surface area contributed by atoms with Crippen LogP contribution in [-0.2, 0) is 6.18 Å². The molecule has 0 aliphatic rings. The highest BCUT2D eigenvalue weighted by atomic mass is 19.4. The van der Waals surface area contributed by atoms with Gasteiger partial charge in [-0.25, -0.2) is 0 Å². The summed E-state index contributed by atoms with van der Waals surface area (Å²) in [7, 11) is 1.46. The number of benzene rings is 1. The van der Waals surface area contributed by atoms with Crippen molar-refractivity contribution < 1.29 is 23.1 Å². The van der Waals surface area contributed by atoms with Gasteiger partial charge in [0.05, 0.1) is 12.1 Å². The smallest absolute Gasteiger partial charge is 0.417 e. The second kappa shape index (κ2) is 4.52. The summed E-state index contributed by atoms with van der Waals surface area (Å²) in [5.74, 6) is -1.19. The third-order valence-corrected chi connectivity index (χ3v) is 1.95. The van der Waals surface area contributed by atoms with E-state index < -0.39 is 28.8 Å². The van der Waals surface area contributed by atoms with Gasteiger partial charge in [-0.05, 0) is 25.2 Å². The van der Waals surface area contributed by atoms with Crippen molar-refractivity contribution >= 4 is 5.78 Å². The van der Waals surface area contributed by atoms with Crippen LogP contribution in [0, 0.1) is 0 Å². The second-order valence-electron chi connectivity index (χ2n) is 3.18. The number of phenolic OH excluding ortho intramolecular Hbond substituents is 1. The van der Waals surface area contributed by atoms with E-state index in [1.165, 1.54) is 7.05 Å². The van der Waals surface area contributed by atoms with Crippen LogP contribution in [0.3, 0.4) is 0 Å². The summed E-state index contributed by atoms with van der Waals surface area (Å²) >= 11 is 0. The molecule has 0 atom stereocenters. The van der Waals surface area contributed by atoms with Crippen LogP contribution >= 0.6 is 0 Å². The van der Waals surface area contributed by atoms with E-state index in [4.69, 9.17) is 5.11 Å². The Kier molecular flexibility index (Phi) is 3.54. The van der Waals surface area contributed by atoms with Crippen molar-refractivity contribution in [2.75, 3.05) is 13.6 Å². The third-order valence-electron chi connectivity index (χ3n) is 1.95. The molecular weight excluding hydrogens is 223 g/mol. The highest BCUT2D eigenvalue weighted by Gasteiger charge is 2.35. The van der Waals surface area contributed by atoms with Crippen molar-refractivity contribution in [3.8, 4) is 5.75 Å². The van der Waals surface area contributed by atoms with E-state index in [9.17, 15) is 18.0 Å². The van der Waals surface area contributed by atoms with E-state index in [1.54, 1.807) is 0 Å². The molecule has 0 aromatic heterocycles. The van der Waals surface area contributed by atoms with Crippen LogP contribution < -0.4 is 5.32 Å². The van der Waals surface area contributed by atoms with Gasteiger partial charge < -0.3 is 10.4 Å². The average Bonchev–Trinajstić information content (AvgIpc) is 2.16. The molecule has 0 aliphatic heterocycles. The van der Waals surface area contributed by atoms with Crippen molar-refractivity contribution in [3.05, 3.63) is 29.3 Å². The molecule has 1 aromatic rings. The fourth-order valence-corrected chi connectivity index (χ4v) is 1.27. The number of carbonyl (C=O) groups is 1. The van der Waals surface area contributed by atoms with Crippen LogP contribution in [0.2, 0.25) is 0 Å². The van der Waals surface area contributed by atoms with Crippen molar-refractivity contribution in [1.29, 1.82) is 0 Å². The monoisotopic (exact) mass is 233 g/mol. The Morgan fingerprint density at radius 1 is 1.44 bits per heavy atom. The number of hydrogen-bond acceptors (Lipinski definition) is 3. The molecule has 0 heterocycles. The van der Waals surface area contributed by atoms with Crippen LogP contribution in [-0.4, -0.2) is 24.5 Å². The molecule has 0 unspecified atom stereocenters. The lowest BCUT2D eigenvalue weighted by molar-refractivity contribution is -0.138. The minimum Gasteiger partial charge on any atom is -0.508 e. The summed E-state index contributed by atoms with van der Waals surface area (Å²) in [5, 5.41) is 11.5. The normalized spacial score (nSPS) is 11.5. The summed E-state index contributed by atoms with van der Waals surface area (Å²) in [4.78, 5) is 11.4. The Bertz CT molecular complexity index is 402. The average molecular weight is 233 g/mol. The zero-order valence-electron chi connectivity index (χ0n) is 8.43. The number of likely N-dealkylation sites (N-methyl/N-ethyl adjacent to an activating group) is 1. The van der Waals surface area contributed by atoms with Crippen LogP contribution in [0.1, 0.15) is 15.9 Å². The molecule has 0 saturated carbocycles. The van der Waals surface area contributed by atoms with Crippen LogP contribution in [0.15, 0.2) is 18.2 Å². The Hall–Kier alpha value is -1.56. The number of aromatic hydroxyl groups is 1.